The maximum absolute atomic E-state index is 5.45. The van der Waals surface area contributed by atoms with Crippen LogP contribution in [0.2, 0.25) is 0 Å². The van der Waals surface area contributed by atoms with Crippen LogP contribution in [0.5, 0.6) is 0 Å². The Labute approximate surface area is 106 Å². The van der Waals surface area contributed by atoms with Gasteiger partial charge in [-0.15, -0.1) is 0 Å². The van der Waals surface area contributed by atoms with Gasteiger partial charge < -0.3 is 10.1 Å². The number of nitrogens with one attached hydrogen (secondary N) is 1. The average Bonchev–Trinajstić information content (AvgIpc) is 2.86. The molecule has 1 heterocycles. The van der Waals surface area contributed by atoms with Crippen LogP contribution in [-0.4, -0.2) is 39.5 Å². The third-order valence-electron chi connectivity index (χ3n) is 2.47. The molecule has 1 unspecified atom stereocenters. The Bertz CT molecular complexity index is 470. The van der Waals surface area contributed by atoms with E-state index in [4.69, 9.17) is 4.74 Å². The lowest BCUT2D eigenvalue weighted by atomic mass is 10.3. The first kappa shape index (κ1) is 12.5. The first-order valence-corrected chi connectivity index (χ1v) is 6.00. The minimum atomic E-state index is 0.121. The average molecular weight is 247 g/mol. The molecule has 0 bridgehead atoms. The number of aromatic nitrogens is 4. The van der Waals surface area contributed by atoms with Crippen LogP contribution in [0.1, 0.15) is 13.8 Å². The van der Waals surface area contributed by atoms with Gasteiger partial charge in [0.05, 0.1) is 11.8 Å². The molecule has 2 rings (SSSR count). The van der Waals surface area contributed by atoms with E-state index in [1.165, 1.54) is 0 Å². The topological polar surface area (TPSA) is 64.9 Å². The zero-order valence-corrected chi connectivity index (χ0v) is 10.6. The molecule has 2 aromatic rings. The summed E-state index contributed by atoms with van der Waals surface area (Å²) in [4.78, 5) is 0. The maximum atomic E-state index is 5.45. The molecule has 0 aliphatic carbocycles. The number of hydrogen-bond donors (Lipinski definition) is 1. The summed E-state index contributed by atoms with van der Waals surface area (Å²) in [6.07, 6.45) is 0.121. The maximum Gasteiger partial charge on any atom is 0.247 e. The van der Waals surface area contributed by atoms with Gasteiger partial charge in [0.15, 0.2) is 0 Å². The summed E-state index contributed by atoms with van der Waals surface area (Å²) in [5, 5.41) is 14.8. The van der Waals surface area contributed by atoms with Gasteiger partial charge in [0.25, 0.3) is 0 Å². The summed E-state index contributed by atoms with van der Waals surface area (Å²) >= 11 is 0. The number of hydrogen-bond acceptors (Lipinski definition) is 5. The quantitative estimate of drug-likeness (QED) is 0.838. The molecule has 0 radical (unpaired) electrons. The second-order valence-corrected chi connectivity index (χ2v) is 3.90. The van der Waals surface area contributed by atoms with Crippen molar-refractivity contribution in [1.29, 1.82) is 0 Å². The third-order valence-corrected chi connectivity index (χ3v) is 2.47. The zero-order chi connectivity index (χ0) is 12.8. The Morgan fingerprint density at radius 2 is 2.11 bits per heavy atom. The van der Waals surface area contributed by atoms with Gasteiger partial charge in [0, 0.05) is 13.2 Å². The summed E-state index contributed by atoms with van der Waals surface area (Å²) in [5.74, 6) is 0.618. The lowest BCUT2D eigenvalue weighted by Crippen LogP contribution is -2.21. The van der Waals surface area contributed by atoms with E-state index in [-0.39, 0.29) is 6.10 Å². The predicted molar refractivity (Wildman–Crippen MR) is 68.7 cm³/mol. The van der Waals surface area contributed by atoms with E-state index in [1.54, 1.807) is 4.68 Å². The molecule has 0 saturated heterocycles. The van der Waals surface area contributed by atoms with Crippen LogP contribution >= 0.6 is 0 Å². The number of nitrogens with zero attached hydrogens (tertiary/aromatic N) is 4. The van der Waals surface area contributed by atoms with Crippen LogP contribution in [0, 0.1) is 0 Å². The number of para-hydroxylation sites is 1. The Balaban J connectivity index is 2.05. The van der Waals surface area contributed by atoms with Crippen LogP contribution < -0.4 is 5.32 Å². The molecule has 6 heteroatoms. The van der Waals surface area contributed by atoms with Crippen molar-refractivity contribution in [1.82, 2.24) is 20.2 Å². The van der Waals surface area contributed by atoms with Crippen LogP contribution in [0.4, 0.5) is 5.95 Å². The van der Waals surface area contributed by atoms with Crippen molar-refractivity contribution < 1.29 is 4.74 Å². The van der Waals surface area contributed by atoms with Gasteiger partial charge in [-0.05, 0) is 36.4 Å². The van der Waals surface area contributed by atoms with Crippen LogP contribution in [0.25, 0.3) is 5.69 Å². The van der Waals surface area contributed by atoms with Crippen LogP contribution in [0.15, 0.2) is 30.3 Å². The van der Waals surface area contributed by atoms with Crippen molar-refractivity contribution in [3.8, 4) is 5.69 Å². The van der Waals surface area contributed by atoms with E-state index in [2.05, 4.69) is 20.8 Å². The van der Waals surface area contributed by atoms with Gasteiger partial charge in [0.1, 0.15) is 0 Å². The first-order valence-electron chi connectivity index (χ1n) is 6.00. The molecule has 0 amide bonds. The molecule has 1 atom stereocenters. The fourth-order valence-electron chi connectivity index (χ4n) is 1.62. The minimum absolute atomic E-state index is 0.121. The summed E-state index contributed by atoms with van der Waals surface area (Å²) < 4.78 is 7.11. The van der Waals surface area contributed by atoms with Gasteiger partial charge in [-0.1, -0.05) is 23.3 Å². The molecule has 0 fully saturated rings. The highest BCUT2D eigenvalue weighted by atomic mass is 16.5. The Kier molecular flexibility index (Phi) is 4.25. The molecule has 96 valence electrons. The van der Waals surface area contributed by atoms with E-state index in [0.29, 0.717) is 19.1 Å². The highest BCUT2D eigenvalue weighted by Crippen LogP contribution is 2.10. The van der Waals surface area contributed by atoms with E-state index >= 15 is 0 Å². The van der Waals surface area contributed by atoms with Gasteiger partial charge >= 0.3 is 0 Å². The van der Waals surface area contributed by atoms with Crippen LogP contribution in [-0.2, 0) is 4.74 Å². The number of anilines is 1. The van der Waals surface area contributed by atoms with E-state index in [9.17, 15) is 0 Å². The van der Waals surface area contributed by atoms with Crippen molar-refractivity contribution in [3.63, 3.8) is 0 Å². The van der Waals surface area contributed by atoms with E-state index < -0.39 is 0 Å². The molecule has 0 saturated carbocycles. The number of tetrazole rings is 1. The smallest absolute Gasteiger partial charge is 0.247 e. The third kappa shape index (κ3) is 3.04. The molecule has 1 N–H and O–H groups in total. The monoisotopic (exact) mass is 247 g/mol. The fraction of sp³-hybridized carbons (Fsp3) is 0.417. The summed E-state index contributed by atoms with van der Waals surface area (Å²) in [6, 6.07) is 9.76. The first-order chi connectivity index (χ1) is 8.81. The summed E-state index contributed by atoms with van der Waals surface area (Å²) in [5.41, 5.74) is 0.925. The predicted octanol–water partition coefficient (Wildman–Crippen LogP) is 1.50. The lowest BCUT2D eigenvalue weighted by Gasteiger charge is -2.12. The van der Waals surface area contributed by atoms with E-state index in [0.717, 1.165) is 5.69 Å². The zero-order valence-electron chi connectivity index (χ0n) is 10.6. The highest BCUT2D eigenvalue weighted by molar-refractivity contribution is 5.38. The highest BCUT2D eigenvalue weighted by Gasteiger charge is 2.08. The molecule has 18 heavy (non-hydrogen) atoms. The fourth-order valence-corrected chi connectivity index (χ4v) is 1.62. The number of ether oxygens (including phenoxy) is 1. The van der Waals surface area contributed by atoms with Gasteiger partial charge in [-0.2, -0.15) is 4.68 Å². The van der Waals surface area contributed by atoms with Crippen molar-refractivity contribution in [2.24, 2.45) is 0 Å². The van der Waals surface area contributed by atoms with Crippen molar-refractivity contribution >= 4 is 5.95 Å². The second kappa shape index (κ2) is 6.11. The standard InChI is InChI=1S/C12H17N5O/c1-3-18-10(2)9-13-12-14-15-16-17(12)11-7-5-4-6-8-11/h4-8,10H,3,9H2,1-2H3,(H,13,14,16). The van der Waals surface area contributed by atoms with Crippen molar-refractivity contribution in [3.05, 3.63) is 30.3 Å². The SMILES string of the molecule is CCOC(C)CNc1nnnn1-c1ccccc1. The summed E-state index contributed by atoms with van der Waals surface area (Å²) in [6.45, 7) is 5.35. The molecular weight excluding hydrogens is 230 g/mol. The molecule has 6 nitrogen and oxygen atoms in total. The minimum Gasteiger partial charge on any atom is -0.377 e. The molecule has 0 aliphatic heterocycles. The normalized spacial score (nSPS) is 12.3. The van der Waals surface area contributed by atoms with Crippen molar-refractivity contribution in [2.75, 3.05) is 18.5 Å². The Morgan fingerprint density at radius 3 is 2.83 bits per heavy atom. The lowest BCUT2D eigenvalue weighted by molar-refractivity contribution is 0.0854. The Morgan fingerprint density at radius 1 is 1.33 bits per heavy atom. The molecule has 0 aliphatic rings. The van der Waals surface area contributed by atoms with Crippen molar-refractivity contribution in [2.45, 2.75) is 20.0 Å². The van der Waals surface area contributed by atoms with Crippen LogP contribution in [0.3, 0.4) is 0 Å². The van der Waals surface area contributed by atoms with E-state index in [1.807, 2.05) is 44.2 Å². The largest absolute Gasteiger partial charge is 0.377 e. The molecule has 0 spiro atoms. The Hall–Kier alpha value is -1.95. The number of rotatable bonds is 6. The number of benzene rings is 1. The molecular formula is C12H17N5O. The second-order valence-electron chi connectivity index (χ2n) is 3.90. The van der Waals surface area contributed by atoms with Gasteiger partial charge in [-0.25, -0.2) is 0 Å². The molecule has 1 aromatic carbocycles. The molecule has 1 aromatic heterocycles. The van der Waals surface area contributed by atoms with Gasteiger partial charge in [-0.3, -0.25) is 0 Å². The van der Waals surface area contributed by atoms with Gasteiger partial charge in [0.2, 0.25) is 5.95 Å². The summed E-state index contributed by atoms with van der Waals surface area (Å²) in [7, 11) is 0.